The molecule has 0 radical (unpaired) electrons. The first-order valence-corrected chi connectivity index (χ1v) is 5.21. The van der Waals surface area contributed by atoms with Crippen LogP contribution >= 0.6 is 0 Å². The molecule has 0 saturated heterocycles. The third kappa shape index (κ3) is 6.90. The van der Waals surface area contributed by atoms with Gasteiger partial charge in [-0.3, -0.25) is 0 Å². The fourth-order valence-electron chi connectivity index (χ4n) is 1.47. The summed E-state index contributed by atoms with van der Waals surface area (Å²) < 4.78 is 1.48. The van der Waals surface area contributed by atoms with Crippen LogP contribution in [0.2, 0.25) is 0 Å². The van der Waals surface area contributed by atoms with E-state index in [4.69, 9.17) is 10.5 Å². The topological polar surface area (TPSA) is 47.6 Å². The summed E-state index contributed by atoms with van der Waals surface area (Å²) in [6.45, 7) is 3.07. The molecule has 0 aliphatic rings. The molecule has 0 aromatic rings. The molecule has 0 bridgehead atoms. The lowest BCUT2D eigenvalue weighted by molar-refractivity contribution is -0.902. The third-order valence-electron chi connectivity index (χ3n) is 2.52. The maximum Gasteiger partial charge on any atom is 0.166 e. The van der Waals surface area contributed by atoms with E-state index in [-0.39, 0.29) is 0 Å². The van der Waals surface area contributed by atoms with E-state index in [2.05, 4.69) is 40.3 Å². The Kier molecular flexibility index (Phi) is 5.28. The first kappa shape index (κ1) is 13.9. The van der Waals surface area contributed by atoms with Gasteiger partial charge < -0.3 is 8.97 Å². The lowest BCUT2D eigenvalue weighted by Gasteiger charge is -2.30. The minimum Gasteiger partial charge on any atom is -0.316 e. The van der Waals surface area contributed by atoms with E-state index in [9.17, 15) is 0 Å². The van der Waals surface area contributed by atoms with Gasteiger partial charge in [0, 0.05) is 6.42 Å². The van der Waals surface area contributed by atoms with Crippen molar-refractivity contribution in [3.63, 3.8) is 0 Å². The number of rotatable bonds is 6. The van der Waals surface area contributed by atoms with Crippen LogP contribution in [0, 0.1) is 22.7 Å². The van der Waals surface area contributed by atoms with Crippen LogP contribution in [0.4, 0.5) is 0 Å². The molecule has 0 aliphatic carbocycles. The van der Waals surface area contributed by atoms with Gasteiger partial charge in [0.2, 0.25) is 0 Å². The maximum atomic E-state index is 8.63. The van der Waals surface area contributed by atoms with Crippen LogP contribution in [0.15, 0.2) is 0 Å². The summed E-state index contributed by atoms with van der Waals surface area (Å²) in [5.74, 6) is 0. The van der Waals surface area contributed by atoms with Crippen molar-refractivity contribution >= 4 is 0 Å². The van der Waals surface area contributed by atoms with E-state index in [1.807, 2.05) is 0 Å². The summed E-state index contributed by atoms with van der Waals surface area (Å²) in [7, 11) is 8.25. The molecule has 0 aliphatic heterocycles. The van der Waals surface area contributed by atoms with E-state index in [0.717, 1.165) is 28.5 Å². The van der Waals surface area contributed by atoms with Crippen molar-refractivity contribution in [3.8, 4) is 12.1 Å². The second-order valence-corrected chi connectivity index (χ2v) is 5.30. The van der Waals surface area contributed by atoms with Gasteiger partial charge in [-0.25, -0.2) is 0 Å². The average Bonchev–Trinajstić information content (AvgIpc) is 2.02. The first-order chi connectivity index (χ1) is 6.83. The second-order valence-electron chi connectivity index (χ2n) is 5.30. The smallest absolute Gasteiger partial charge is 0.166 e. The highest BCUT2D eigenvalue weighted by Gasteiger charge is 2.18. The molecule has 0 aromatic carbocycles. The van der Waals surface area contributed by atoms with Gasteiger partial charge in [-0.1, -0.05) is 0 Å². The molecule has 0 saturated carbocycles. The zero-order chi connectivity index (χ0) is 11.9. The largest absolute Gasteiger partial charge is 0.316 e. The fraction of sp³-hybridized carbons (Fsp3) is 0.818. The summed E-state index contributed by atoms with van der Waals surface area (Å²) >= 11 is 0. The number of hydrogen-bond acceptors (Lipinski definition) is 2. The SMILES string of the molecule is C[N+](C)(CC#N)CCC[N+](C)(C)CC#N. The van der Waals surface area contributed by atoms with Crippen molar-refractivity contribution in [2.24, 2.45) is 0 Å². The van der Waals surface area contributed by atoms with Gasteiger partial charge in [-0.05, 0) is 0 Å². The minimum atomic E-state index is 0.547. The fourth-order valence-corrected chi connectivity index (χ4v) is 1.47. The van der Waals surface area contributed by atoms with Crippen LogP contribution in [0.3, 0.4) is 0 Å². The van der Waals surface area contributed by atoms with Crippen molar-refractivity contribution in [2.45, 2.75) is 6.42 Å². The van der Waals surface area contributed by atoms with Gasteiger partial charge in [-0.15, -0.1) is 0 Å². The van der Waals surface area contributed by atoms with Crippen molar-refractivity contribution < 1.29 is 8.97 Å². The predicted octanol–water partition coefficient (Wildman–Crippen LogP) is 0.576. The Morgan fingerprint density at radius 2 is 1.13 bits per heavy atom. The van der Waals surface area contributed by atoms with Gasteiger partial charge in [0.25, 0.3) is 0 Å². The molecule has 0 atom stereocenters. The molecule has 84 valence electrons. The molecule has 0 spiro atoms. The summed E-state index contributed by atoms with van der Waals surface area (Å²) in [4.78, 5) is 0. The molecule has 15 heavy (non-hydrogen) atoms. The molecule has 0 amide bonds. The predicted molar refractivity (Wildman–Crippen MR) is 59.5 cm³/mol. The Balaban J connectivity index is 3.90. The number of nitriles is 2. The van der Waals surface area contributed by atoms with Gasteiger partial charge >= 0.3 is 0 Å². The minimum absolute atomic E-state index is 0.547. The molecule has 4 heteroatoms. The molecular formula is C11H22N4+2. The van der Waals surface area contributed by atoms with Crippen molar-refractivity contribution in [2.75, 3.05) is 54.4 Å². The lowest BCUT2D eigenvalue weighted by atomic mass is 10.3. The Morgan fingerprint density at radius 1 is 0.800 bits per heavy atom. The molecule has 4 nitrogen and oxygen atoms in total. The van der Waals surface area contributed by atoms with Gasteiger partial charge in [0.05, 0.1) is 41.3 Å². The second kappa shape index (κ2) is 5.70. The molecule has 0 aromatic heterocycles. The Bertz CT molecular complexity index is 239. The van der Waals surface area contributed by atoms with E-state index < -0.39 is 0 Å². The van der Waals surface area contributed by atoms with Crippen molar-refractivity contribution in [1.29, 1.82) is 10.5 Å². The molecule has 0 heterocycles. The van der Waals surface area contributed by atoms with Gasteiger partial charge in [0.1, 0.15) is 12.1 Å². The zero-order valence-electron chi connectivity index (χ0n) is 10.3. The number of hydrogen-bond donors (Lipinski definition) is 0. The highest BCUT2D eigenvalue weighted by Crippen LogP contribution is 2.03. The van der Waals surface area contributed by atoms with Gasteiger partial charge in [0.15, 0.2) is 13.1 Å². The van der Waals surface area contributed by atoms with E-state index in [0.29, 0.717) is 13.1 Å². The van der Waals surface area contributed by atoms with Crippen LogP contribution in [-0.2, 0) is 0 Å². The van der Waals surface area contributed by atoms with E-state index in [1.165, 1.54) is 0 Å². The summed E-state index contributed by atoms with van der Waals surface area (Å²) in [6, 6.07) is 4.39. The van der Waals surface area contributed by atoms with E-state index >= 15 is 0 Å². The van der Waals surface area contributed by atoms with Crippen LogP contribution < -0.4 is 0 Å². The molecular weight excluding hydrogens is 188 g/mol. The molecule has 0 rings (SSSR count). The quantitative estimate of drug-likeness (QED) is 0.475. The number of nitrogens with zero attached hydrogens (tertiary/aromatic N) is 4. The highest BCUT2D eigenvalue weighted by atomic mass is 15.3. The van der Waals surface area contributed by atoms with E-state index in [1.54, 1.807) is 0 Å². The van der Waals surface area contributed by atoms with Crippen molar-refractivity contribution in [3.05, 3.63) is 0 Å². The molecule has 0 unspecified atom stereocenters. The maximum absolute atomic E-state index is 8.63. The molecule has 0 fully saturated rings. The Labute approximate surface area is 93.1 Å². The monoisotopic (exact) mass is 210 g/mol. The van der Waals surface area contributed by atoms with Crippen LogP contribution in [0.1, 0.15) is 6.42 Å². The Morgan fingerprint density at radius 3 is 1.40 bits per heavy atom. The van der Waals surface area contributed by atoms with Crippen molar-refractivity contribution in [1.82, 2.24) is 0 Å². The summed E-state index contributed by atoms with van der Waals surface area (Å²) in [6.07, 6.45) is 1.04. The summed E-state index contributed by atoms with van der Waals surface area (Å²) in [5, 5.41) is 17.3. The molecule has 0 N–H and O–H groups in total. The lowest BCUT2D eigenvalue weighted by Crippen LogP contribution is -2.45. The Hall–Kier alpha value is -1.10. The average molecular weight is 210 g/mol. The normalized spacial score (nSPS) is 11.9. The van der Waals surface area contributed by atoms with Crippen LogP contribution in [0.5, 0.6) is 0 Å². The standard InChI is InChI=1S/C11H22N4/c1-14(2,10-6-12)8-5-9-15(3,4)11-7-13/h5,8-11H2,1-4H3/q+2. The van der Waals surface area contributed by atoms with Gasteiger partial charge in [-0.2, -0.15) is 10.5 Å². The first-order valence-electron chi connectivity index (χ1n) is 5.21. The third-order valence-corrected chi connectivity index (χ3v) is 2.52. The number of quaternary nitrogens is 2. The zero-order valence-corrected chi connectivity index (χ0v) is 10.3. The van der Waals surface area contributed by atoms with Crippen LogP contribution in [-0.4, -0.2) is 63.3 Å². The summed E-state index contributed by atoms with van der Waals surface area (Å²) in [5.41, 5.74) is 0. The van der Waals surface area contributed by atoms with Crippen LogP contribution in [0.25, 0.3) is 0 Å². The highest BCUT2D eigenvalue weighted by molar-refractivity contribution is 4.68.